The van der Waals surface area contributed by atoms with E-state index in [0.29, 0.717) is 36.1 Å². The van der Waals surface area contributed by atoms with Crippen LogP contribution in [-0.2, 0) is 6.54 Å². The summed E-state index contributed by atoms with van der Waals surface area (Å²) in [6, 6.07) is 7.16. The van der Waals surface area contributed by atoms with Crippen LogP contribution in [0.15, 0.2) is 34.9 Å². The molecule has 0 fully saturated rings. The first-order valence-corrected chi connectivity index (χ1v) is 6.98. The number of fused-ring (bicyclic) bond motifs is 1. The van der Waals surface area contributed by atoms with Crippen molar-refractivity contribution in [3.63, 3.8) is 0 Å². The summed E-state index contributed by atoms with van der Waals surface area (Å²) in [4.78, 5) is 16.4. The average molecular weight is 300 g/mol. The lowest BCUT2D eigenvalue weighted by Gasteiger charge is -2.00. The number of imidazole rings is 1. The van der Waals surface area contributed by atoms with Crippen LogP contribution < -0.4 is 10.1 Å². The van der Waals surface area contributed by atoms with E-state index in [-0.39, 0.29) is 5.91 Å². The predicted octanol–water partition coefficient (Wildman–Crippen LogP) is 1.96. The Bertz CT molecular complexity index is 806. The number of aromatic nitrogens is 3. The molecule has 3 rings (SSSR count). The second-order valence-electron chi connectivity index (χ2n) is 4.73. The third-order valence-electron chi connectivity index (χ3n) is 3.04. The van der Waals surface area contributed by atoms with Crippen LogP contribution in [0.4, 0.5) is 0 Å². The number of hydrogen-bond donors (Lipinski definition) is 1. The summed E-state index contributed by atoms with van der Waals surface area (Å²) in [5.74, 6) is 1.72. The fourth-order valence-electron chi connectivity index (χ4n) is 2.04. The number of nitrogens with one attached hydrogen (secondary N) is 1. The molecule has 0 aromatic carbocycles. The van der Waals surface area contributed by atoms with Gasteiger partial charge in [0.05, 0.1) is 19.3 Å². The van der Waals surface area contributed by atoms with Crippen molar-refractivity contribution in [3.8, 4) is 5.88 Å². The highest BCUT2D eigenvalue weighted by atomic mass is 16.5. The lowest BCUT2D eigenvalue weighted by Crippen LogP contribution is -2.22. The van der Waals surface area contributed by atoms with E-state index in [1.165, 1.54) is 4.52 Å². The Morgan fingerprint density at radius 2 is 2.23 bits per heavy atom. The first kappa shape index (κ1) is 14.1. The maximum atomic E-state index is 12.1. The summed E-state index contributed by atoms with van der Waals surface area (Å²) < 4.78 is 12.2. The highest BCUT2D eigenvalue weighted by Crippen LogP contribution is 2.10. The van der Waals surface area contributed by atoms with Crippen LogP contribution in [0.25, 0.3) is 5.65 Å². The zero-order valence-corrected chi connectivity index (χ0v) is 12.4. The third kappa shape index (κ3) is 2.93. The van der Waals surface area contributed by atoms with E-state index < -0.39 is 0 Å². The van der Waals surface area contributed by atoms with E-state index in [1.807, 2.05) is 26.0 Å². The van der Waals surface area contributed by atoms with Crippen molar-refractivity contribution in [2.45, 2.75) is 20.4 Å². The number of aryl methyl sites for hydroxylation is 1. The second kappa shape index (κ2) is 5.88. The van der Waals surface area contributed by atoms with Crippen molar-refractivity contribution in [3.05, 3.63) is 47.7 Å². The van der Waals surface area contributed by atoms with Gasteiger partial charge in [0.15, 0.2) is 5.65 Å². The Balaban J connectivity index is 1.73. The fourth-order valence-corrected chi connectivity index (χ4v) is 2.04. The molecule has 0 atom stereocenters. The minimum Gasteiger partial charge on any atom is -0.477 e. The van der Waals surface area contributed by atoms with E-state index in [4.69, 9.17) is 9.15 Å². The molecule has 0 aliphatic carbocycles. The summed E-state index contributed by atoms with van der Waals surface area (Å²) in [6.45, 7) is 4.59. The Labute approximate surface area is 126 Å². The smallest absolute Gasteiger partial charge is 0.271 e. The van der Waals surface area contributed by atoms with Crippen molar-refractivity contribution in [1.82, 2.24) is 19.9 Å². The quantitative estimate of drug-likeness (QED) is 0.779. The SMILES string of the molecule is CCOc1ccc2nc(C(=O)NCc3ccc(C)o3)cn2n1. The van der Waals surface area contributed by atoms with Gasteiger partial charge in [0.2, 0.25) is 5.88 Å². The lowest BCUT2D eigenvalue weighted by molar-refractivity contribution is 0.0943. The highest BCUT2D eigenvalue weighted by Gasteiger charge is 2.12. The zero-order valence-electron chi connectivity index (χ0n) is 12.4. The van der Waals surface area contributed by atoms with Crippen LogP contribution in [0, 0.1) is 6.92 Å². The number of furan rings is 1. The summed E-state index contributed by atoms with van der Waals surface area (Å²) in [7, 11) is 0. The summed E-state index contributed by atoms with van der Waals surface area (Å²) in [5, 5.41) is 6.98. The molecule has 0 bridgehead atoms. The van der Waals surface area contributed by atoms with E-state index >= 15 is 0 Å². The predicted molar refractivity (Wildman–Crippen MR) is 78.8 cm³/mol. The van der Waals surface area contributed by atoms with Gasteiger partial charge in [-0.3, -0.25) is 4.79 Å². The molecule has 3 heterocycles. The molecule has 3 aromatic rings. The van der Waals surface area contributed by atoms with Crippen molar-refractivity contribution >= 4 is 11.6 Å². The molecule has 3 aromatic heterocycles. The molecule has 0 saturated carbocycles. The number of ether oxygens (including phenoxy) is 1. The van der Waals surface area contributed by atoms with Gasteiger partial charge in [-0.15, -0.1) is 5.10 Å². The molecule has 0 aliphatic heterocycles. The fraction of sp³-hybridized carbons (Fsp3) is 0.267. The third-order valence-corrected chi connectivity index (χ3v) is 3.04. The molecule has 0 unspecified atom stereocenters. The van der Waals surface area contributed by atoms with E-state index in [0.717, 1.165) is 5.76 Å². The van der Waals surface area contributed by atoms with Crippen LogP contribution >= 0.6 is 0 Å². The Hall–Kier alpha value is -2.83. The minimum atomic E-state index is -0.280. The monoisotopic (exact) mass is 300 g/mol. The van der Waals surface area contributed by atoms with Crippen molar-refractivity contribution in [1.29, 1.82) is 0 Å². The number of hydrogen-bond acceptors (Lipinski definition) is 5. The van der Waals surface area contributed by atoms with Crippen molar-refractivity contribution < 1.29 is 13.9 Å². The second-order valence-corrected chi connectivity index (χ2v) is 4.73. The normalized spacial score (nSPS) is 10.8. The number of rotatable bonds is 5. The first-order valence-electron chi connectivity index (χ1n) is 6.98. The van der Waals surface area contributed by atoms with Crippen molar-refractivity contribution in [2.75, 3.05) is 6.61 Å². The van der Waals surface area contributed by atoms with E-state index in [2.05, 4.69) is 15.4 Å². The molecule has 1 N–H and O–H groups in total. The Morgan fingerprint density at radius 1 is 1.36 bits per heavy atom. The van der Waals surface area contributed by atoms with Crippen LogP contribution in [0.2, 0.25) is 0 Å². The minimum absolute atomic E-state index is 0.280. The lowest BCUT2D eigenvalue weighted by atomic mass is 10.4. The largest absolute Gasteiger partial charge is 0.477 e. The van der Waals surface area contributed by atoms with Crippen molar-refractivity contribution in [2.24, 2.45) is 0 Å². The molecule has 22 heavy (non-hydrogen) atoms. The van der Waals surface area contributed by atoms with Gasteiger partial charge in [0.1, 0.15) is 17.2 Å². The van der Waals surface area contributed by atoms with E-state index in [9.17, 15) is 4.79 Å². The molecule has 0 spiro atoms. The average Bonchev–Trinajstić information content (AvgIpc) is 3.10. The molecule has 0 saturated heterocycles. The standard InChI is InChI=1S/C15H16N4O3/c1-3-21-14-7-6-13-17-12(9-19(13)18-14)15(20)16-8-11-5-4-10(2)22-11/h4-7,9H,3,8H2,1-2H3,(H,16,20). The number of carbonyl (C=O) groups excluding carboxylic acids is 1. The number of carbonyl (C=O) groups is 1. The van der Waals surface area contributed by atoms with Gasteiger partial charge in [-0.25, -0.2) is 9.50 Å². The molecule has 0 radical (unpaired) electrons. The molecular formula is C15H16N4O3. The van der Waals surface area contributed by atoms with Gasteiger partial charge >= 0.3 is 0 Å². The summed E-state index contributed by atoms with van der Waals surface area (Å²) in [6.07, 6.45) is 1.57. The van der Waals surface area contributed by atoms with Crippen LogP contribution in [-0.4, -0.2) is 27.1 Å². The molecular weight excluding hydrogens is 284 g/mol. The molecule has 0 aliphatic rings. The Morgan fingerprint density at radius 3 is 2.95 bits per heavy atom. The van der Waals surface area contributed by atoms with Crippen LogP contribution in [0.1, 0.15) is 28.9 Å². The summed E-state index contributed by atoms with van der Waals surface area (Å²) >= 11 is 0. The number of amides is 1. The highest BCUT2D eigenvalue weighted by molar-refractivity contribution is 5.92. The molecule has 7 nitrogen and oxygen atoms in total. The van der Waals surface area contributed by atoms with Crippen LogP contribution in [0.5, 0.6) is 5.88 Å². The number of nitrogens with zero attached hydrogens (tertiary/aromatic N) is 3. The van der Waals surface area contributed by atoms with Gasteiger partial charge in [-0.1, -0.05) is 0 Å². The maximum Gasteiger partial charge on any atom is 0.271 e. The maximum absolute atomic E-state index is 12.1. The molecule has 114 valence electrons. The topological polar surface area (TPSA) is 81.7 Å². The first-order chi connectivity index (χ1) is 10.7. The van der Waals surface area contributed by atoms with Crippen LogP contribution in [0.3, 0.4) is 0 Å². The van der Waals surface area contributed by atoms with Gasteiger partial charge in [-0.2, -0.15) is 0 Å². The van der Waals surface area contributed by atoms with E-state index in [1.54, 1.807) is 18.3 Å². The zero-order chi connectivity index (χ0) is 15.5. The summed E-state index contributed by atoms with van der Waals surface area (Å²) in [5.41, 5.74) is 0.881. The molecule has 1 amide bonds. The molecule has 7 heteroatoms. The van der Waals surface area contributed by atoms with Gasteiger partial charge in [-0.05, 0) is 32.0 Å². The van der Waals surface area contributed by atoms with Gasteiger partial charge in [0, 0.05) is 6.07 Å². The Kier molecular flexibility index (Phi) is 3.78. The van der Waals surface area contributed by atoms with Gasteiger partial charge < -0.3 is 14.5 Å². The van der Waals surface area contributed by atoms with Gasteiger partial charge in [0.25, 0.3) is 5.91 Å².